The second-order valence-corrected chi connectivity index (χ2v) is 7.22. The maximum Gasteiger partial charge on any atom is 0.258 e. The highest BCUT2D eigenvalue weighted by Crippen LogP contribution is 2.32. The molecular formula is C23H26N4O3. The van der Waals surface area contributed by atoms with E-state index in [0.717, 1.165) is 18.4 Å². The van der Waals surface area contributed by atoms with Gasteiger partial charge in [0.05, 0.1) is 18.3 Å². The Bertz CT molecular complexity index is 1040. The number of fused-ring (bicyclic) bond motifs is 1. The summed E-state index contributed by atoms with van der Waals surface area (Å²) in [7, 11) is 0. The average Bonchev–Trinajstić information content (AvgIpc) is 3.43. The van der Waals surface area contributed by atoms with Crippen molar-refractivity contribution in [2.75, 3.05) is 13.2 Å². The van der Waals surface area contributed by atoms with Crippen molar-refractivity contribution in [3.05, 3.63) is 53.1 Å². The lowest BCUT2D eigenvalue weighted by molar-refractivity contribution is 0.241. The molecule has 1 aromatic heterocycles. The van der Waals surface area contributed by atoms with E-state index in [1.807, 2.05) is 32.0 Å². The molecule has 0 atom stereocenters. The molecule has 0 saturated carbocycles. The van der Waals surface area contributed by atoms with Crippen molar-refractivity contribution < 1.29 is 14.4 Å². The summed E-state index contributed by atoms with van der Waals surface area (Å²) in [6.45, 7) is 4.33. The van der Waals surface area contributed by atoms with Gasteiger partial charge in [-0.1, -0.05) is 23.4 Å². The van der Waals surface area contributed by atoms with Crippen molar-refractivity contribution in [2.45, 2.75) is 39.2 Å². The number of rotatable bonds is 5. The van der Waals surface area contributed by atoms with Crippen LogP contribution in [-0.2, 0) is 12.8 Å². The van der Waals surface area contributed by atoms with Gasteiger partial charge in [0.15, 0.2) is 0 Å². The molecule has 1 aliphatic rings. The molecule has 7 heteroatoms. The highest BCUT2D eigenvalue weighted by molar-refractivity contribution is 5.66. The summed E-state index contributed by atoms with van der Waals surface area (Å²) in [5, 5.41) is 21.3. The number of ether oxygens (including phenoxy) is 1. The smallest absolute Gasteiger partial charge is 0.258 e. The van der Waals surface area contributed by atoms with Crippen molar-refractivity contribution in [3.8, 4) is 34.7 Å². The van der Waals surface area contributed by atoms with Gasteiger partial charge in [0.1, 0.15) is 11.8 Å². The lowest BCUT2D eigenvalue weighted by Gasteiger charge is -2.11. The van der Waals surface area contributed by atoms with Crippen LogP contribution in [0.4, 0.5) is 0 Å². The van der Waals surface area contributed by atoms with E-state index in [9.17, 15) is 5.26 Å². The Morgan fingerprint density at radius 2 is 2.07 bits per heavy atom. The van der Waals surface area contributed by atoms with Gasteiger partial charge in [0, 0.05) is 17.7 Å². The number of nitrogens with zero attached hydrogens (tertiary/aromatic N) is 3. The van der Waals surface area contributed by atoms with E-state index >= 15 is 0 Å². The topological polar surface area (TPSA) is 118 Å². The monoisotopic (exact) mass is 406 g/mol. The second kappa shape index (κ2) is 10.0. The largest absolute Gasteiger partial charge is 0.490 e. The lowest BCUT2D eigenvalue weighted by Crippen LogP contribution is -2.06. The minimum Gasteiger partial charge on any atom is -0.490 e. The number of hydrogen-bond acceptors (Lipinski definition) is 7. The Labute approximate surface area is 176 Å². The van der Waals surface area contributed by atoms with Gasteiger partial charge in [0.25, 0.3) is 5.89 Å². The molecule has 3 N–H and O–H groups in total. The van der Waals surface area contributed by atoms with Gasteiger partial charge in [-0.25, -0.2) is 0 Å². The summed E-state index contributed by atoms with van der Waals surface area (Å²) in [4.78, 5) is 4.57. The van der Waals surface area contributed by atoms with E-state index < -0.39 is 0 Å². The van der Waals surface area contributed by atoms with Crippen LogP contribution < -0.4 is 10.5 Å². The SMILES string of the molecule is CC(C)Oc1ccc(-c2nc(-c3cccc4c3CCC4)no2)cc1C#N.NCCO. The zero-order valence-electron chi connectivity index (χ0n) is 17.3. The number of aryl methyl sites for hydroxylation is 1. The first-order valence-corrected chi connectivity index (χ1v) is 10.0. The predicted molar refractivity (Wildman–Crippen MR) is 114 cm³/mol. The van der Waals surface area contributed by atoms with Gasteiger partial charge in [-0.15, -0.1) is 0 Å². The Balaban J connectivity index is 0.000000589. The average molecular weight is 406 g/mol. The Hall–Kier alpha value is -3.21. The number of aliphatic hydroxyl groups excluding tert-OH is 1. The summed E-state index contributed by atoms with van der Waals surface area (Å²) >= 11 is 0. The Morgan fingerprint density at radius 3 is 2.77 bits per heavy atom. The molecule has 0 saturated heterocycles. The van der Waals surface area contributed by atoms with Crippen LogP contribution in [0.1, 0.15) is 37.0 Å². The molecule has 0 bridgehead atoms. The molecule has 1 aliphatic carbocycles. The zero-order chi connectivity index (χ0) is 21.5. The molecule has 0 aliphatic heterocycles. The number of nitriles is 1. The first-order chi connectivity index (χ1) is 14.6. The van der Waals surface area contributed by atoms with Crippen LogP contribution in [0.15, 0.2) is 40.9 Å². The van der Waals surface area contributed by atoms with Gasteiger partial charge in [-0.2, -0.15) is 10.2 Å². The van der Waals surface area contributed by atoms with E-state index in [1.165, 1.54) is 17.5 Å². The van der Waals surface area contributed by atoms with E-state index in [4.69, 9.17) is 20.1 Å². The van der Waals surface area contributed by atoms with Crippen molar-refractivity contribution in [1.82, 2.24) is 10.1 Å². The normalized spacial score (nSPS) is 12.1. The fourth-order valence-corrected chi connectivity index (χ4v) is 3.39. The standard InChI is InChI=1S/C21H19N3O2.C2H7NO/c1-13(2)25-19-10-9-15(11-16(19)12-22)21-23-20(24-26-21)18-8-4-6-14-5-3-7-17(14)18;3-1-2-4/h4,6,8-11,13H,3,5,7H2,1-2H3;4H,1-3H2. The molecule has 0 unspecified atom stereocenters. The lowest BCUT2D eigenvalue weighted by atomic mass is 10.0. The van der Waals surface area contributed by atoms with Gasteiger partial charge < -0.3 is 20.1 Å². The summed E-state index contributed by atoms with van der Waals surface area (Å²) in [6, 6.07) is 13.8. The van der Waals surface area contributed by atoms with Crippen molar-refractivity contribution in [2.24, 2.45) is 5.73 Å². The number of aromatic nitrogens is 2. The first-order valence-electron chi connectivity index (χ1n) is 10.0. The number of hydrogen-bond donors (Lipinski definition) is 2. The molecule has 0 radical (unpaired) electrons. The third-order valence-corrected chi connectivity index (χ3v) is 4.65. The van der Waals surface area contributed by atoms with Gasteiger partial charge >= 0.3 is 0 Å². The van der Waals surface area contributed by atoms with Gasteiger partial charge in [0.2, 0.25) is 5.82 Å². The first kappa shape index (κ1) is 21.5. The van der Waals surface area contributed by atoms with Crippen LogP contribution in [-0.4, -0.2) is 34.5 Å². The number of nitrogens with two attached hydrogens (primary N) is 1. The van der Waals surface area contributed by atoms with Gasteiger partial charge in [-0.3, -0.25) is 0 Å². The molecule has 30 heavy (non-hydrogen) atoms. The minimum atomic E-state index is 0.00290. The second-order valence-electron chi connectivity index (χ2n) is 7.22. The van der Waals surface area contributed by atoms with Crippen molar-refractivity contribution in [3.63, 3.8) is 0 Å². The van der Waals surface area contributed by atoms with Gasteiger partial charge in [-0.05, 0) is 62.4 Å². The highest BCUT2D eigenvalue weighted by atomic mass is 16.5. The molecule has 3 aromatic rings. The molecule has 0 fully saturated rings. The molecule has 156 valence electrons. The summed E-state index contributed by atoms with van der Waals surface area (Å²) in [5.41, 5.74) is 9.67. The van der Waals surface area contributed by atoms with Crippen LogP contribution in [0.5, 0.6) is 5.75 Å². The molecule has 0 spiro atoms. The summed E-state index contributed by atoms with van der Waals surface area (Å²) in [6.07, 6.45) is 3.33. The third-order valence-electron chi connectivity index (χ3n) is 4.65. The number of benzene rings is 2. The van der Waals surface area contributed by atoms with Crippen LogP contribution >= 0.6 is 0 Å². The van der Waals surface area contributed by atoms with E-state index in [1.54, 1.807) is 12.1 Å². The minimum absolute atomic E-state index is 0.00290. The Morgan fingerprint density at radius 1 is 1.27 bits per heavy atom. The van der Waals surface area contributed by atoms with Crippen molar-refractivity contribution in [1.29, 1.82) is 5.26 Å². The van der Waals surface area contributed by atoms with E-state index in [2.05, 4.69) is 22.3 Å². The molecule has 2 aromatic carbocycles. The highest BCUT2D eigenvalue weighted by Gasteiger charge is 2.19. The zero-order valence-corrected chi connectivity index (χ0v) is 17.3. The number of aliphatic hydroxyl groups is 1. The van der Waals surface area contributed by atoms with Crippen LogP contribution in [0, 0.1) is 11.3 Å². The molecule has 0 amide bonds. The summed E-state index contributed by atoms with van der Waals surface area (Å²) < 4.78 is 11.1. The predicted octanol–water partition coefficient (Wildman–Crippen LogP) is 3.49. The maximum atomic E-state index is 9.40. The van der Waals surface area contributed by atoms with Crippen LogP contribution in [0.3, 0.4) is 0 Å². The quantitative estimate of drug-likeness (QED) is 0.666. The third kappa shape index (κ3) is 4.85. The summed E-state index contributed by atoms with van der Waals surface area (Å²) in [5.74, 6) is 1.56. The van der Waals surface area contributed by atoms with E-state index in [0.29, 0.717) is 35.1 Å². The van der Waals surface area contributed by atoms with E-state index in [-0.39, 0.29) is 12.7 Å². The Kier molecular flexibility index (Phi) is 7.17. The maximum absolute atomic E-state index is 9.40. The molecule has 7 nitrogen and oxygen atoms in total. The molecule has 4 rings (SSSR count). The van der Waals surface area contributed by atoms with Crippen LogP contribution in [0.25, 0.3) is 22.8 Å². The fourth-order valence-electron chi connectivity index (χ4n) is 3.39. The fraction of sp³-hybridized carbons (Fsp3) is 0.348. The van der Waals surface area contributed by atoms with Crippen molar-refractivity contribution >= 4 is 0 Å². The molecule has 1 heterocycles. The van der Waals surface area contributed by atoms with Crippen LogP contribution in [0.2, 0.25) is 0 Å². The molecular weight excluding hydrogens is 380 g/mol.